The monoisotopic (exact) mass is 388 g/mol. The van der Waals surface area contributed by atoms with Crippen molar-refractivity contribution >= 4 is 34.0 Å². The molecule has 1 aliphatic heterocycles. The molecule has 1 heterocycles. The molecule has 1 saturated heterocycles. The van der Waals surface area contributed by atoms with Gasteiger partial charge < -0.3 is 15.0 Å². The van der Waals surface area contributed by atoms with Crippen LogP contribution < -0.4 is 15.0 Å². The maximum Gasteiger partial charge on any atom is 0.231 e. The molecule has 0 aromatic heterocycles. The number of methoxy groups -OCH3 is 1. The molecule has 5 nitrogen and oxygen atoms in total. The normalized spacial score (nSPS) is 14.8. The third-order valence-corrected chi connectivity index (χ3v) is 5.48. The summed E-state index contributed by atoms with van der Waals surface area (Å²) in [4.78, 5) is 26.4. The Kier molecular flexibility index (Phi) is 5.21. The van der Waals surface area contributed by atoms with E-state index in [1.807, 2.05) is 67.6 Å². The van der Waals surface area contributed by atoms with Gasteiger partial charge in [-0.1, -0.05) is 24.3 Å². The highest BCUT2D eigenvalue weighted by atomic mass is 16.5. The summed E-state index contributed by atoms with van der Waals surface area (Å²) in [6.45, 7) is 2.66. The quantitative estimate of drug-likeness (QED) is 0.688. The van der Waals surface area contributed by atoms with Gasteiger partial charge in [0.25, 0.3) is 0 Å². The number of hydrogen-bond acceptors (Lipinski definition) is 3. The van der Waals surface area contributed by atoms with Crippen LogP contribution in [0.3, 0.4) is 0 Å². The van der Waals surface area contributed by atoms with Crippen molar-refractivity contribution in [1.29, 1.82) is 0 Å². The lowest BCUT2D eigenvalue weighted by Crippen LogP contribution is -2.23. The highest BCUT2D eigenvalue weighted by Gasteiger charge is 2.21. The van der Waals surface area contributed by atoms with Crippen LogP contribution in [0.1, 0.15) is 31.2 Å². The molecule has 1 aliphatic rings. The number of carbonyl (C=O) groups is 2. The van der Waals surface area contributed by atoms with Gasteiger partial charge in [0.1, 0.15) is 5.75 Å². The van der Waals surface area contributed by atoms with Crippen LogP contribution in [0.5, 0.6) is 5.75 Å². The van der Waals surface area contributed by atoms with Crippen LogP contribution in [0.25, 0.3) is 10.8 Å². The average molecular weight is 388 g/mol. The summed E-state index contributed by atoms with van der Waals surface area (Å²) < 4.78 is 5.27. The number of fused-ring (bicyclic) bond motifs is 1. The Hall–Kier alpha value is -3.34. The average Bonchev–Trinajstić information content (AvgIpc) is 3.18. The van der Waals surface area contributed by atoms with Gasteiger partial charge in [-0.25, -0.2) is 0 Å². The maximum absolute atomic E-state index is 12.7. The molecule has 1 atom stereocenters. The van der Waals surface area contributed by atoms with Crippen molar-refractivity contribution in [2.75, 3.05) is 23.9 Å². The fourth-order valence-corrected chi connectivity index (χ4v) is 3.69. The Balaban J connectivity index is 1.46. The first-order valence-electron chi connectivity index (χ1n) is 9.84. The number of rotatable bonds is 5. The molecule has 0 aliphatic carbocycles. The number of anilines is 2. The van der Waals surface area contributed by atoms with Crippen LogP contribution in [-0.4, -0.2) is 25.5 Å². The highest BCUT2D eigenvalue weighted by molar-refractivity contribution is 5.98. The number of carbonyl (C=O) groups excluding carboxylic acids is 2. The molecule has 148 valence electrons. The molecule has 0 bridgehead atoms. The second kappa shape index (κ2) is 7.95. The Morgan fingerprint density at radius 3 is 2.45 bits per heavy atom. The molecule has 3 aromatic rings. The minimum Gasteiger partial charge on any atom is -0.497 e. The zero-order valence-electron chi connectivity index (χ0n) is 16.6. The summed E-state index contributed by atoms with van der Waals surface area (Å²) in [7, 11) is 1.65. The molecule has 1 fully saturated rings. The number of amides is 2. The van der Waals surface area contributed by atoms with Crippen LogP contribution in [0.15, 0.2) is 60.7 Å². The Bertz CT molecular complexity index is 1060. The Labute approximate surface area is 170 Å². The summed E-state index contributed by atoms with van der Waals surface area (Å²) in [6.07, 6.45) is 1.50. The molecule has 2 amide bonds. The molecule has 1 N–H and O–H groups in total. The second-order valence-electron chi connectivity index (χ2n) is 7.38. The van der Waals surface area contributed by atoms with Crippen LogP contribution in [0, 0.1) is 0 Å². The molecular weight excluding hydrogens is 364 g/mol. The Morgan fingerprint density at radius 1 is 1.03 bits per heavy atom. The summed E-state index contributed by atoms with van der Waals surface area (Å²) in [5.74, 6) is 0.614. The smallest absolute Gasteiger partial charge is 0.231 e. The SMILES string of the molecule is COc1ccc2cc([C@H](C)C(=O)Nc3ccc(N4CCCC4=O)cc3)ccc2c1. The van der Waals surface area contributed by atoms with E-state index in [4.69, 9.17) is 4.74 Å². The summed E-state index contributed by atoms with van der Waals surface area (Å²) in [5, 5.41) is 5.12. The van der Waals surface area contributed by atoms with E-state index >= 15 is 0 Å². The summed E-state index contributed by atoms with van der Waals surface area (Å²) in [6, 6.07) is 19.4. The van der Waals surface area contributed by atoms with Gasteiger partial charge in [-0.15, -0.1) is 0 Å². The number of hydrogen-bond donors (Lipinski definition) is 1. The molecule has 0 unspecified atom stereocenters. The molecule has 4 rings (SSSR count). The lowest BCUT2D eigenvalue weighted by atomic mass is 9.97. The van der Waals surface area contributed by atoms with E-state index < -0.39 is 0 Å². The second-order valence-corrected chi connectivity index (χ2v) is 7.38. The number of nitrogens with zero attached hydrogens (tertiary/aromatic N) is 1. The van der Waals surface area contributed by atoms with Gasteiger partial charge in [-0.2, -0.15) is 0 Å². The minimum absolute atomic E-state index is 0.0668. The van der Waals surface area contributed by atoms with E-state index in [0.717, 1.165) is 46.4 Å². The van der Waals surface area contributed by atoms with E-state index in [1.165, 1.54) is 0 Å². The van der Waals surface area contributed by atoms with E-state index in [1.54, 1.807) is 12.0 Å². The van der Waals surface area contributed by atoms with Gasteiger partial charge in [-0.05, 0) is 66.1 Å². The van der Waals surface area contributed by atoms with Crippen molar-refractivity contribution in [1.82, 2.24) is 0 Å². The van der Waals surface area contributed by atoms with Crippen LogP contribution in [0.4, 0.5) is 11.4 Å². The maximum atomic E-state index is 12.7. The predicted octanol–water partition coefficient (Wildman–Crippen LogP) is 4.72. The lowest BCUT2D eigenvalue weighted by Gasteiger charge is -2.17. The van der Waals surface area contributed by atoms with E-state index in [0.29, 0.717) is 6.42 Å². The van der Waals surface area contributed by atoms with Crippen molar-refractivity contribution in [2.45, 2.75) is 25.7 Å². The number of benzene rings is 3. The Morgan fingerprint density at radius 2 is 1.76 bits per heavy atom. The first-order valence-corrected chi connectivity index (χ1v) is 9.84. The van der Waals surface area contributed by atoms with Gasteiger partial charge in [0.2, 0.25) is 11.8 Å². The van der Waals surface area contributed by atoms with Crippen LogP contribution in [0.2, 0.25) is 0 Å². The fourth-order valence-electron chi connectivity index (χ4n) is 3.69. The van der Waals surface area contributed by atoms with Gasteiger partial charge in [-0.3, -0.25) is 9.59 Å². The third kappa shape index (κ3) is 3.94. The summed E-state index contributed by atoms with van der Waals surface area (Å²) >= 11 is 0. The zero-order chi connectivity index (χ0) is 20.4. The minimum atomic E-state index is -0.290. The molecule has 0 spiro atoms. The lowest BCUT2D eigenvalue weighted by molar-refractivity contribution is -0.118. The van der Waals surface area contributed by atoms with Crippen LogP contribution >= 0.6 is 0 Å². The number of ether oxygens (including phenoxy) is 1. The topological polar surface area (TPSA) is 58.6 Å². The first-order chi connectivity index (χ1) is 14.0. The van der Waals surface area contributed by atoms with Gasteiger partial charge >= 0.3 is 0 Å². The van der Waals surface area contributed by atoms with Crippen molar-refractivity contribution in [3.8, 4) is 5.75 Å². The standard InChI is InChI=1S/C24H24N2O3/c1-16(17-5-6-19-15-22(29-2)12-7-18(19)14-17)24(28)25-20-8-10-21(11-9-20)26-13-3-4-23(26)27/h5-12,14-16H,3-4,13H2,1-2H3,(H,25,28)/t16-/m0/s1. The van der Waals surface area contributed by atoms with E-state index in [9.17, 15) is 9.59 Å². The predicted molar refractivity (Wildman–Crippen MR) is 116 cm³/mol. The van der Waals surface area contributed by atoms with Gasteiger partial charge in [0.15, 0.2) is 0 Å². The molecule has 3 aromatic carbocycles. The molecule has 0 saturated carbocycles. The van der Waals surface area contributed by atoms with Gasteiger partial charge in [0.05, 0.1) is 13.0 Å². The molecule has 29 heavy (non-hydrogen) atoms. The fraction of sp³-hybridized carbons (Fsp3) is 0.250. The van der Waals surface area contributed by atoms with E-state index in [2.05, 4.69) is 5.32 Å². The molecule has 0 radical (unpaired) electrons. The zero-order valence-corrected chi connectivity index (χ0v) is 16.6. The number of nitrogens with one attached hydrogen (secondary N) is 1. The first kappa shape index (κ1) is 19.0. The highest BCUT2D eigenvalue weighted by Crippen LogP contribution is 2.27. The van der Waals surface area contributed by atoms with Crippen molar-refractivity contribution in [3.63, 3.8) is 0 Å². The van der Waals surface area contributed by atoms with Crippen molar-refractivity contribution < 1.29 is 14.3 Å². The largest absolute Gasteiger partial charge is 0.497 e. The summed E-state index contributed by atoms with van der Waals surface area (Å²) in [5.41, 5.74) is 2.56. The molecular formula is C24H24N2O3. The van der Waals surface area contributed by atoms with Gasteiger partial charge in [0, 0.05) is 24.3 Å². The van der Waals surface area contributed by atoms with Crippen molar-refractivity contribution in [2.24, 2.45) is 0 Å². The van der Waals surface area contributed by atoms with Crippen LogP contribution in [-0.2, 0) is 9.59 Å². The molecule has 5 heteroatoms. The van der Waals surface area contributed by atoms with Crippen molar-refractivity contribution in [3.05, 3.63) is 66.2 Å². The third-order valence-electron chi connectivity index (χ3n) is 5.48. The van der Waals surface area contributed by atoms with E-state index in [-0.39, 0.29) is 17.7 Å².